The van der Waals surface area contributed by atoms with Crippen LogP contribution in [-0.2, 0) is 10.9 Å². The number of alkyl halides is 3. The van der Waals surface area contributed by atoms with Crippen LogP contribution in [0.3, 0.4) is 0 Å². The first kappa shape index (κ1) is 15.3. The third kappa shape index (κ3) is 4.83. The Morgan fingerprint density at radius 2 is 2.00 bits per heavy atom. The van der Waals surface area contributed by atoms with Crippen LogP contribution in [0.5, 0.6) is 0 Å². The number of rotatable bonds is 6. The van der Waals surface area contributed by atoms with Crippen molar-refractivity contribution in [3.05, 3.63) is 28.2 Å². The lowest BCUT2D eigenvalue weighted by Crippen LogP contribution is -2.15. The SMILES string of the molecule is OCCOCCNc1ccc(Br)cc1C(F)(F)F. The predicted octanol–water partition coefficient (Wildman–Crippen LogP) is 2.89. The van der Waals surface area contributed by atoms with Crippen LogP contribution < -0.4 is 5.32 Å². The lowest BCUT2D eigenvalue weighted by atomic mass is 10.1. The zero-order valence-corrected chi connectivity index (χ0v) is 11.0. The number of hydrogen-bond acceptors (Lipinski definition) is 3. The van der Waals surface area contributed by atoms with Gasteiger partial charge in [0.25, 0.3) is 0 Å². The first-order valence-electron chi connectivity index (χ1n) is 5.24. The molecule has 18 heavy (non-hydrogen) atoms. The van der Waals surface area contributed by atoms with Gasteiger partial charge in [-0.05, 0) is 18.2 Å². The van der Waals surface area contributed by atoms with Gasteiger partial charge in [0.05, 0.1) is 25.4 Å². The molecule has 0 atom stereocenters. The molecule has 0 fully saturated rings. The topological polar surface area (TPSA) is 41.5 Å². The highest BCUT2D eigenvalue weighted by Gasteiger charge is 2.33. The van der Waals surface area contributed by atoms with E-state index in [9.17, 15) is 13.2 Å². The van der Waals surface area contributed by atoms with Gasteiger partial charge < -0.3 is 15.2 Å². The minimum absolute atomic E-state index is 0.0123. The number of aliphatic hydroxyl groups excluding tert-OH is 1. The Morgan fingerprint density at radius 3 is 2.61 bits per heavy atom. The molecule has 0 radical (unpaired) electrons. The fourth-order valence-electron chi connectivity index (χ4n) is 1.33. The Kier molecular flexibility index (Phi) is 5.90. The summed E-state index contributed by atoms with van der Waals surface area (Å²) in [6.07, 6.45) is -4.40. The quantitative estimate of drug-likeness (QED) is 0.789. The van der Waals surface area contributed by atoms with Crippen molar-refractivity contribution in [2.24, 2.45) is 0 Å². The lowest BCUT2D eigenvalue weighted by Gasteiger charge is -2.15. The molecule has 0 spiro atoms. The Morgan fingerprint density at radius 1 is 1.28 bits per heavy atom. The summed E-state index contributed by atoms with van der Waals surface area (Å²) in [6, 6.07) is 3.92. The van der Waals surface area contributed by atoms with Crippen molar-refractivity contribution in [3.63, 3.8) is 0 Å². The second kappa shape index (κ2) is 6.96. The summed E-state index contributed by atoms with van der Waals surface area (Å²) in [6.45, 7) is 0.541. The number of ether oxygens (including phenoxy) is 1. The van der Waals surface area contributed by atoms with Gasteiger partial charge in [-0.2, -0.15) is 13.2 Å². The van der Waals surface area contributed by atoms with E-state index in [4.69, 9.17) is 9.84 Å². The zero-order chi connectivity index (χ0) is 13.6. The van der Waals surface area contributed by atoms with Gasteiger partial charge in [0.2, 0.25) is 0 Å². The maximum atomic E-state index is 12.7. The molecule has 0 amide bonds. The Hall–Kier alpha value is -0.790. The summed E-state index contributed by atoms with van der Waals surface area (Å²) < 4.78 is 43.5. The van der Waals surface area contributed by atoms with E-state index in [1.54, 1.807) is 0 Å². The van der Waals surface area contributed by atoms with Gasteiger partial charge in [-0.15, -0.1) is 0 Å². The Bertz CT molecular complexity index is 385. The molecule has 102 valence electrons. The molecule has 0 aliphatic carbocycles. The molecular weight excluding hydrogens is 315 g/mol. The van der Waals surface area contributed by atoms with Crippen molar-refractivity contribution in [3.8, 4) is 0 Å². The molecule has 0 bridgehead atoms. The molecular formula is C11H13BrF3NO2. The van der Waals surface area contributed by atoms with Gasteiger partial charge >= 0.3 is 6.18 Å². The molecule has 0 aromatic heterocycles. The van der Waals surface area contributed by atoms with E-state index in [0.717, 1.165) is 6.07 Å². The molecule has 0 heterocycles. The molecule has 0 saturated heterocycles. The van der Waals surface area contributed by atoms with E-state index in [1.807, 2.05) is 0 Å². The summed E-state index contributed by atoms with van der Waals surface area (Å²) in [5, 5.41) is 11.1. The monoisotopic (exact) mass is 327 g/mol. The highest BCUT2D eigenvalue weighted by molar-refractivity contribution is 9.10. The Balaban J connectivity index is 2.65. The molecule has 1 aromatic rings. The zero-order valence-electron chi connectivity index (χ0n) is 9.43. The lowest BCUT2D eigenvalue weighted by molar-refractivity contribution is -0.137. The predicted molar refractivity (Wildman–Crippen MR) is 65.5 cm³/mol. The van der Waals surface area contributed by atoms with Crippen LogP contribution in [0.2, 0.25) is 0 Å². The average Bonchev–Trinajstić information content (AvgIpc) is 2.29. The van der Waals surface area contributed by atoms with Crippen molar-refractivity contribution >= 4 is 21.6 Å². The maximum absolute atomic E-state index is 12.7. The van der Waals surface area contributed by atoms with Gasteiger partial charge in [-0.1, -0.05) is 15.9 Å². The summed E-state index contributed by atoms with van der Waals surface area (Å²) in [4.78, 5) is 0. The Labute approximate surface area is 111 Å². The van der Waals surface area contributed by atoms with E-state index < -0.39 is 11.7 Å². The van der Waals surface area contributed by atoms with Crippen molar-refractivity contribution in [1.29, 1.82) is 0 Å². The second-order valence-electron chi connectivity index (χ2n) is 3.45. The molecule has 7 heteroatoms. The fourth-order valence-corrected chi connectivity index (χ4v) is 1.69. The summed E-state index contributed by atoms with van der Waals surface area (Å²) in [5.41, 5.74) is -0.711. The molecule has 0 aliphatic heterocycles. The number of benzene rings is 1. The van der Waals surface area contributed by atoms with E-state index in [1.165, 1.54) is 12.1 Å². The maximum Gasteiger partial charge on any atom is 0.418 e. The number of halogens is 4. The van der Waals surface area contributed by atoms with Gasteiger partial charge in [-0.3, -0.25) is 0 Å². The average molecular weight is 328 g/mol. The fraction of sp³-hybridized carbons (Fsp3) is 0.455. The van der Waals surface area contributed by atoms with Crippen molar-refractivity contribution < 1.29 is 23.0 Å². The minimum Gasteiger partial charge on any atom is -0.394 e. The number of hydrogen-bond donors (Lipinski definition) is 2. The van der Waals surface area contributed by atoms with Crippen LogP contribution >= 0.6 is 15.9 Å². The van der Waals surface area contributed by atoms with Crippen LogP contribution in [-0.4, -0.2) is 31.5 Å². The second-order valence-corrected chi connectivity index (χ2v) is 4.37. The van der Waals surface area contributed by atoms with Gasteiger partial charge in [0.1, 0.15) is 0 Å². The number of nitrogens with one attached hydrogen (secondary N) is 1. The van der Waals surface area contributed by atoms with E-state index in [-0.39, 0.29) is 32.1 Å². The molecule has 3 nitrogen and oxygen atoms in total. The third-order valence-electron chi connectivity index (χ3n) is 2.08. The normalized spacial score (nSPS) is 11.6. The molecule has 2 N–H and O–H groups in total. The highest BCUT2D eigenvalue weighted by Crippen LogP contribution is 2.36. The van der Waals surface area contributed by atoms with Crippen molar-refractivity contribution in [2.45, 2.75) is 6.18 Å². The van der Waals surface area contributed by atoms with E-state index >= 15 is 0 Å². The van der Waals surface area contributed by atoms with Crippen LogP contribution in [0, 0.1) is 0 Å². The summed E-state index contributed by atoms with van der Waals surface area (Å²) in [7, 11) is 0. The van der Waals surface area contributed by atoms with Crippen LogP contribution in [0.1, 0.15) is 5.56 Å². The molecule has 1 aromatic carbocycles. The molecule has 0 unspecified atom stereocenters. The standard InChI is InChI=1S/C11H13BrF3NO2/c12-8-1-2-10(9(7-8)11(13,14)15)16-3-5-18-6-4-17/h1-2,7,16-17H,3-6H2. The first-order valence-corrected chi connectivity index (χ1v) is 6.03. The first-order chi connectivity index (χ1) is 8.45. The smallest absolute Gasteiger partial charge is 0.394 e. The highest BCUT2D eigenvalue weighted by atomic mass is 79.9. The van der Waals surface area contributed by atoms with Crippen LogP contribution in [0.25, 0.3) is 0 Å². The summed E-state index contributed by atoms with van der Waals surface area (Å²) in [5.74, 6) is 0. The third-order valence-corrected chi connectivity index (χ3v) is 2.58. The van der Waals surface area contributed by atoms with Crippen LogP contribution in [0.4, 0.5) is 18.9 Å². The van der Waals surface area contributed by atoms with Crippen molar-refractivity contribution in [1.82, 2.24) is 0 Å². The van der Waals surface area contributed by atoms with E-state index in [2.05, 4.69) is 21.2 Å². The van der Waals surface area contributed by atoms with Gasteiger partial charge in [-0.25, -0.2) is 0 Å². The largest absolute Gasteiger partial charge is 0.418 e. The number of anilines is 1. The molecule has 0 saturated carbocycles. The van der Waals surface area contributed by atoms with Crippen LogP contribution in [0.15, 0.2) is 22.7 Å². The minimum atomic E-state index is -4.40. The van der Waals surface area contributed by atoms with E-state index in [0.29, 0.717) is 4.47 Å². The van der Waals surface area contributed by atoms with Crippen molar-refractivity contribution in [2.75, 3.05) is 31.7 Å². The van der Waals surface area contributed by atoms with Gasteiger partial charge in [0, 0.05) is 16.7 Å². The van der Waals surface area contributed by atoms with Gasteiger partial charge in [0.15, 0.2) is 0 Å². The number of aliphatic hydroxyl groups is 1. The summed E-state index contributed by atoms with van der Waals surface area (Å²) >= 11 is 3.01. The molecule has 0 aliphatic rings. The molecule has 1 rings (SSSR count).